The van der Waals surface area contributed by atoms with E-state index in [2.05, 4.69) is 48.5 Å². The summed E-state index contributed by atoms with van der Waals surface area (Å²) in [5.74, 6) is -0.690. The summed E-state index contributed by atoms with van der Waals surface area (Å²) in [6, 6.07) is 0. The molecule has 1 N–H and O–H groups in total. The minimum atomic E-state index is -2.23. The van der Waals surface area contributed by atoms with E-state index >= 15 is 0 Å². The zero-order chi connectivity index (χ0) is 22.1. The van der Waals surface area contributed by atoms with Crippen LogP contribution in [0.4, 0.5) is 0 Å². The molecule has 0 saturated heterocycles. The van der Waals surface area contributed by atoms with Gasteiger partial charge >= 0.3 is 5.97 Å². The van der Waals surface area contributed by atoms with Gasteiger partial charge in [0.05, 0.1) is 18.1 Å². The van der Waals surface area contributed by atoms with Gasteiger partial charge in [-0.15, -0.1) is 0 Å². The molecule has 0 spiro atoms. The van der Waals surface area contributed by atoms with E-state index in [4.69, 9.17) is 9.16 Å². The normalized spacial score (nSPS) is 15.6. The standard InChI is InChI=1S/C23H46O4Si/c1-11-12-13-21(23(25)26-15-14-16(2)3)22(20(10)24)27-28(17(4)5,18(6)7)19(8)9/h14,17-22,24H,11-13,15H2,1-10H3/t20-,21-,22+/m0/s1. The second-order valence-electron chi connectivity index (χ2n) is 9.30. The Morgan fingerprint density at radius 2 is 1.50 bits per heavy atom. The molecule has 3 atom stereocenters. The molecule has 0 saturated carbocycles. The van der Waals surface area contributed by atoms with E-state index < -0.39 is 26.4 Å². The zero-order valence-corrected chi connectivity index (χ0v) is 21.0. The van der Waals surface area contributed by atoms with Crippen LogP contribution in [0.3, 0.4) is 0 Å². The maximum atomic E-state index is 12.9. The third-order valence-electron chi connectivity index (χ3n) is 5.81. The number of aliphatic hydroxyl groups excluding tert-OH is 1. The highest BCUT2D eigenvalue weighted by molar-refractivity contribution is 6.77. The molecule has 0 aliphatic carbocycles. The second-order valence-corrected chi connectivity index (χ2v) is 14.7. The number of aliphatic hydroxyl groups is 1. The maximum absolute atomic E-state index is 12.9. The summed E-state index contributed by atoms with van der Waals surface area (Å²) in [6.45, 7) is 21.4. The summed E-state index contributed by atoms with van der Waals surface area (Å²) in [4.78, 5) is 12.9. The van der Waals surface area contributed by atoms with Gasteiger partial charge in [-0.2, -0.15) is 0 Å². The average molecular weight is 415 g/mol. The van der Waals surface area contributed by atoms with E-state index in [0.29, 0.717) is 23.0 Å². The van der Waals surface area contributed by atoms with Crippen LogP contribution >= 0.6 is 0 Å². The zero-order valence-electron chi connectivity index (χ0n) is 20.0. The van der Waals surface area contributed by atoms with Crippen LogP contribution < -0.4 is 0 Å². The van der Waals surface area contributed by atoms with Crippen molar-refractivity contribution in [1.82, 2.24) is 0 Å². The topological polar surface area (TPSA) is 55.8 Å². The molecule has 0 radical (unpaired) electrons. The van der Waals surface area contributed by atoms with Gasteiger partial charge in [-0.1, -0.05) is 66.9 Å². The Morgan fingerprint density at radius 3 is 1.86 bits per heavy atom. The molecule has 166 valence electrons. The molecule has 0 aromatic heterocycles. The van der Waals surface area contributed by atoms with Gasteiger partial charge in [0.2, 0.25) is 8.32 Å². The van der Waals surface area contributed by atoms with Crippen LogP contribution in [0.5, 0.6) is 0 Å². The summed E-state index contributed by atoms with van der Waals surface area (Å²) in [6.07, 6.45) is 3.24. The van der Waals surface area contributed by atoms with Crippen molar-refractivity contribution in [2.75, 3.05) is 6.61 Å². The van der Waals surface area contributed by atoms with E-state index in [9.17, 15) is 9.90 Å². The van der Waals surface area contributed by atoms with Gasteiger partial charge in [0.1, 0.15) is 6.61 Å². The minimum absolute atomic E-state index is 0.254. The number of unbranched alkanes of at least 4 members (excludes halogenated alkanes) is 1. The van der Waals surface area contributed by atoms with Gasteiger partial charge in [-0.05, 0) is 49.9 Å². The Hall–Kier alpha value is -0.653. The number of hydrogen-bond acceptors (Lipinski definition) is 4. The van der Waals surface area contributed by atoms with Crippen LogP contribution in [-0.2, 0) is 14.0 Å². The van der Waals surface area contributed by atoms with E-state index in [1.165, 1.54) is 0 Å². The Labute approximate surface area is 175 Å². The fourth-order valence-electron chi connectivity index (χ4n) is 4.40. The number of allylic oxidation sites excluding steroid dienone is 1. The lowest BCUT2D eigenvalue weighted by Crippen LogP contribution is -2.54. The fraction of sp³-hybridized carbons (Fsp3) is 0.870. The number of carbonyl (C=O) groups excluding carboxylic acids is 1. The first kappa shape index (κ1) is 27.3. The van der Waals surface area contributed by atoms with Crippen LogP contribution in [0.25, 0.3) is 0 Å². The molecule has 0 bridgehead atoms. The molecule has 0 amide bonds. The lowest BCUT2D eigenvalue weighted by Gasteiger charge is -2.46. The van der Waals surface area contributed by atoms with E-state index in [1.807, 2.05) is 19.9 Å². The summed E-state index contributed by atoms with van der Waals surface area (Å²) in [5.41, 5.74) is 2.29. The van der Waals surface area contributed by atoms with Gasteiger partial charge < -0.3 is 14.3 Å². The lowest BCUT2D eigenvalue weighted by molar-refractivity contribution is -0.154. The second kappa shape index (κ2) is 12.8. The quantitative estimate of drug-likeness (QED) is 0.220. The van der Waals surface area contributed by atoms with E-state index in [0.717, 1.165) is 18.4 Å². The van der Waals surface area contributed by atoms with Gasteiger partial charge in [0.25, 0.3) is 0 Å². The van der Waals surface area contributed by atoms with Gasteiger partial charge in [-0.3, -0.25) is 4.79 Å². The fourth-order valence-corrected chi connectivity index (χ4v) is 10.0. The molecular weight excluding hydrogens is 368 g/mol. The first-order valence-corrected chi connectivity index (χ1v) is 13.2. The summed E-state index contributed by atoms with van der Waals surface area (Å²) in [5, 5.41) is 10.6. The Balaban J connectivity index is 5.84. The molecule has 4 nitrogen and oxygen atoms in total. The van der Waals surface area contributed by atoms with Crippen LogP contribution in [0.1, 0.15) is 88.5 Å². The van der Waals surface area contributed by atoms with E-state index in [-0.39, 0.29) is 12.6 Å². The Bertz CT molecular complexity index is 457. The van der Waals surface area contributed by atoms with Crippen LogP contribution in [0.15, 0.2) is 11.6 Å². The van der Waals surface area contributed by atoms with Crippen molar-refractivity contribution in [2.45, 2.75) is 117 Å². The first-order valence-electron chi connectivity index (χ1n) is 11.1. The maximum Gasteiger partial charge on any atom is 0.311 e. The number of ether oxygens (including phenoxy) is 1. The predicted molar refractivity (Wildman–Crippen MR) is 121 cm³/mol. The predicted octanol–water partition coefficient (Wildman–Crippen LogP) is 6.24. The molecule has 0 rings (SSSR count). The van der Waals surface area contributed by atoms with Crippen molar-refractivity contribution in [3.05, 3.63) is 11.6 Å². The van der Waals surface area contributed by atoms with Crippen LogP contribution in [0.2, 0.25) is 16.6 Å². The molecule has 0 unspecified atom stereocenters. The highest BCUT2D eigenvalue weighted by Gasteiger charge is 2.49. The Morgan fingerprint density at radius 1 is 1.00 bits per heavy atom. The minimum Gasteiger partial charge on any atom is -0.461 e. The molecule has 5 heteroatoms. The van der Waals surface area contributed by atoms with Crippen molar-refractivity contribution >= 4 is 14.3 Å². The molecule has 28 heavy (non-hydrogen) atoms. The van der Waals surface area contributed by atoms with Gasteiger partial charge in [0.15, 0.2) is 0 Å². The lowest BCUT2D eigenvalue weighted by atomic mass is 9.93. The highest BCUT2D eigenvalue weighted by atomic mass is 28.4. The summed E-state index contributed by atoms with van der Waals surface area (Å²) >= 11 is 0. The third-order valence-corrected chi connectivity index (χ3v) is 11.9. The van der Waals surface area contributed by atoms with Gasteiger partial charge in [0, 0.05) is 0 Å². The summed E-state index contributed by atoms with van der Waals surface area (Å²) < 4.78 is 12.4. The number of esters is 1. The monoisotopic (exact) mass is 414 g/mol. The Kier molecular flexibility index (Phi) is 12.5. The highest BCUT2D eigenvalue weighted by Crippen LogP contribution is 2.44. The average Bonchev–Trinajstić information content (AvgIpc) is 2.55. The molecule has 0 fully saturated rings. The van der Waals surface area contributed by atoms with Crippen molar-refractivity contribution in [3.8, 4) is 0 Å². The molecule has 0 heterocycles. The number of rotatable bonds is 13. The smallest absolute Gasteiger partial charge is 0.311 e. The summed E-state index contributed by atoms with van der Waals surface area (Å²) in [7, 11) is -2.23. The van der Waals surface area contributed by atoms with Crippen molar-refractivity contribution < 1.29 is 19.1 Å². The van der Waals surface area contributed by atoms with Crippen molar-refractivity contribution in [2.24, 2.45) is 5.92 Å². The van der Waals surface area contributed by atoms with Crippen molar-refractivity contribution in [3.63, 3.8) is 0 Å². The SMILES string of the molecule is CCCC[C@H](C(=O)OCC=C(C)C)[C@H](O[Si](C(C)C)(C(C)C)C(C)C)[C@H](C)O. The van der Waals surface area contributed by atoms with E-state index in [1.54, 1.807) is 6.92 Å². The molecular formula is C23H46O4Si. The molecule has 0 aromatic rings. The van der Waals surface area contributed by atoms with Gasteiger partial charge in [-0.25, -0.2) is 0 Å². The molecule has 0 aliphatic rings. The first-order chi connectivity index (χ1) is 12.9. The number of hydrogen-bond donors (Lipinski definition) is 1. The largest absolute Gasteiger partial charge is 0.461 e. The van der Waals surface area contributed by atoms with Crippen LogP contribution in [0, 0.1) is 5.92 Å². The third kappa shape index (κ3) is 7.64. The molecule has 0 aromatic carbocycles. The van der Waals surface area contributed by atoms with Crippen LogP contribution in [-0.4, -0.2) is 38.2 Å². The molecule has 0 aliphatic heterocycles. The number of carbonyl (C=O) groups is 1. The van der Waals surface area contributed by atoms with Crippen molar-refractivity contribution in [1.29, 1.82) is 0 Å².